The summed E-state index contributed by atoms with van der Waals surface area (Å²) >= 11 is 0. The fourth-order valence-electron chi connectivity index (χ4n) is 1.94. The lowest BCUT2D eigenvalue weighted by atomic mass is 10.1. The van der Waals surface area contributed by atoms with Crippen LogP contribution >= 0.6 is 0 Å². The van der Waals surface area contributed by atoms with Gasteiger partial charge in [0.2, 0.25) is 5.75 Å². The predicted molar refractivity (Wildman–Crippen MR) is 66.8 cm³/mol. The standard InChI is InChI=1S/C11H19N5O/c1-11(2)4-7(11)5-13-9-8(17-3)10(16-12)15-6-14-9/h6-7H,4-5,12H2,1-3H3,(H2,13,14,15,16). The van der Waals surface area contributed by atoms with Crippen molar-refractivity contribution in [3.63, 3.8) is 0 Å². The van der Waals surface area contributed by atoms with Gasteiger partial charge in [-0.1, -0.05) is 13.8 Å². The fourth-order valence-corrected chi connectivity index (χ4v) is 1.94. The van der Waals surface area contributed by atoms with Crippen molar-refractivity contribution >= 4 is 11.6 Å². The Morgan fingerprint density at radius 2 is 2.12 bits per heavy atom. The molecule has 0 radical (unpaired) electrons. The molecule has 1 heterocycles. The summed E-state index contributed by atoms with van der Waals surface area (Å²) in [5, 5.41) is 3.28. The summed E-state index contributed by atoms with van der Waals surface area (Å²) in [5.74, 6) is 7.76. The van der Waals surface area contributed by atoms with E-state index < -0.39 is 0 Å². The average Bonchev–Trinajstić information content (AvgIpc) is 2.93. The first kappa shape index (κ1) is 11.9. The van der Waals surface area contributed by atoms with Crippen LogP contribution in [0.25, 0.3) is 0 Å². The van der Waals surface area contributed by atoms with E-state index in [1.807, 2.05) is 0 Å². The normalized spacial score (nSPS) is 20.8. The van der Waals surface area contributed by atoms with Crippen LogP contribution in [0.2, 0.25) is 0 Å². The molecule has 94 valence electrons. The number of hydrazine groups is 1. The van der Waals surface area contributed by atoms with Crippen molar-refractivity contribution in [1.82, 2.24) is 9.97 Å². The van der Waals surface area contributed by atoms with Crippen molar-refractivity contribution in [2.75, 3.05) is 24.4 Å². The van der Waals surface area contributed by atoms with E-state index in [4.69, 9.17) is 10.6 Å². The van der Waals surface area contributed by atoms with Gasteiger partial charge in [0.1, 0.15) is 6.33 Å². The number of nitrogens with two attached hydrogens (primary N) is 1. The average molecular weight is 237 g/mol. The molecule has 0 spiro atoms. The lowest BCUT2D eigenvalue weighted by molar-refractivity contribution is 0.414. The number of hydrogen-bond donors (Lipinski definition) is 3. The Kier molecular flexibility index (Phi) is 3.06. The minimum absolute atomic E-state index is 0.447. The molecule has 1 aliphatic rings. The van der Waals surface area contributed by atoms with E-state index in [0.29, 0.717) is 28.7 Å². The van der Waals surface area contributed by atoms with Gasteiger partial charge < -0.3 is 15.5 Å². The van der Waals surface area contributed by atoms with Gasteiger partial charge in [0, 0.05) is 6.54 Å². The SMILES string of the molecule is COc1c(NN)ncnc1NCC1CC1(C)C. The number of methoxy groups -OCH3 is 1. The van der Waals surface area contributed by atoms with E-state index >= 15 is 0 Å². The number of ether oxygens (including phenoxy) is 1. The topological polar surface area (TPSA) is 85.1 Å². The number of hydrogen-bond acceptors (Lipinski definition) is 6. The smallest absolute Gasteiger partial charge is 0.205 e. The minimum atomic E-state index is 0.447. The molecule has 1 saturated carbocycles. The summed E-state index contributed by atoms with van der Waals surface area (Å²) in [6.45, 7) is 5.43. The van der Waals surface area contributed by atoms with Gasteiger partial charge in [0.05, 0.1) is 7.11 Å². The highest BCUT2D eigenvalue weighted by Crippen LogP contribution is 2.51. The fraction of sp³-hybridized carbons (Fsp3) is 0.636. The molecule has 1 unspecified atom stereocenters. The number of nitrogens with one attached hydrogen (secondary N) is 2. The lowest BCUT2D eigenvalue weighted by Gasteiger charge is -2.12. The van der Waals surface area contributed by atoms with Crippen molar-refractivity contribution in [2.45, 2.75) is 20.3 Å². The summed E-state index contributed by atoms with van der Waals surface area (Å²) in [6.07, 6.45) is 2.70. The third kappa shape index (κ3) is 2.41. The number of nitrogen functional groups attached to an aromatic ring is 1. The minimum Gasteiger partial charge on any atom is -0.490 e. The maximum Gasteiger partial charge on any atom is 0.205 e. The van der Waals surface area contributed by atoms with E-state index in [1.165, 1.54) is 12.7 Å². The van der Waals surface area contributed by atoms with Crippen molar-refractivity contribution in [3.05, 3.63) is 6.33 Å². The molecule has 1 aromatic heterocycles. The molecule has 4 N–H and O–H groups in total. The van der Waals surface area contributed by atoms with Crippen LogP contribution in [-0.2, 0) is 0 Å². The Hall–Kier alpha value is -1.56. The van der Waals surface area contributed by atoms with Crippen molar-refractivity contribution in [3.8, 4) is 5.75 Å². The third-order valence-corrected chi connectivity index (χ3v) is 3.38. The van der Waals surface area contributed by atoms with Crippen molar-refractivity contribution in [2.24, 2.45) is 17.2 Å². The quantitative estimate of drug-likeness (QED) is 0.527. The number of aromatic nitrogens is 2. The second kappa shape index (κ2) is 4.37. The molecule has 0 amide bonds. The Morgan fingerprint density at radius 3 is 2.65 bits per heavy atom. The summed E-state index contributed by atoms with van der Waals surface area (Å²) in [4.78, 5) is 8.15. The zero-order valence-corrected chi connectivity index (χ0v) is 10.4. The Balaban J connectivity index is 2.05. The first-order valence-electron chi connectivity index (χ1n) is 5.68. The van der Waals surface area contributed by atoms with Gasteiger partial charge in [-0.2, -0.15) is 0 Å². The molecule has 6 heteroatoms. The van der Waals surface area contributed by atoms with Crippen molar-refractivity contribution < 1.29 is 4.74 Å². The van der Waals surface area contributed by atoms with Gasteiger partial charge in [0.15, 0.2) is 11.6 Å². The number of anilines is 2. The van der Waals surface area contributed by atoms with Crippen molar-refractivity contribution in [1.29, 1.82) is 0 Å². The maximum absolute atomic E-state index is 5.36. The second-order valence-corrected chi connectivity index (χ2v) is 5.02. The third-order valence-electron chi connectivity index (χ3n) is 3.38. The molecule has 17 heavy (non-hydrogen) atoms. The van der Waals surface area contributed by atoms with Crippen LogP contribution in [0.4, 0.5) is 11.6 Å². The molecule has 1 fully saturated rings. The monoisotopic (exact) mass is 237 g/mol. The van der Waals surface area contributed by atoms with Crippen LogP contribution in [-0.4, -0.2) is 23.6 Å². The molecule has 1 aromatic rings. The lowest BCUT2D eigenvalue weighted by Crippen LogP contribution is -2.14. The van der Waals surface area contributed by atoms with Gasteiger partial charge >= 0.3 is 0 Å². The molecule has 1 aliphatic carbocycles. The van der Waals surface area contributed by atoms with Crippen LogP contribution in [0.1, 0.15) is 20.3 Å². The molecule has 0 bridgehead atoms. The first-order chi connectivity index (χ1) is 8.08. The molecule has 1 atom stereocenters. The van der Waals surface area contributed by atoms with Crippen LogP contribution in [0.3, 0.4) is 0 Å². The van der Waals surface area contributed by atoms with Crippen LogP contribution < -0.4 is 21.3 Å². The summed E-state index contributed by atoms with van der Waals surface area (Å²) in [7, 11) is 1.58. The van der Waals surface area contributed by atoms with E-state index in [0.717, 1.165) is 6.54 Å². The highest BCUT2D eigenvalue weighted by atomic mass is 16.5. The molecule has 0 aliphatic heterocycles. The largest absolute Gasteiger partial charge is 0.490 e. The molecule has 0 aromatic carbocycles. The Morgan fingerprint density at radius 1 is 1.47 bits per heavy atom. The number of nitrogens with zero attached hydrogens (tertiary/aromatic N) is 2. The van der Waals surface area contributed by atoms with Gasteiger partial charge in [-0.25, -0.2) is 15.8 Å². The van der Waals surface area contributed by atoms with Gasteiger partial charge in [-0.05, 0) is 17.8 Å². The summed E-state index contributed by atoms with van der Waals surface area (Å²) in [5.41, 5.74) is 2.94. The highest BCUT2D eigenvalue weighted by molar-refractivity contribution is 5.63. The second-order valence-electron chi connectivity index (χ2n) is 5.02. The van der Waals surface area contributed by atoms with Gasteiger partial charge in [-0.3, -0.25) is 0 Å². The maximum atomic E-state index is 5.36. The van der Waals surface area contributed by atoms with Gasteiger partial charge in [0.25, 0.3) is 0 Å². The zero-order chi connectivity index (χ0) is 12.5. The van der Waals surface area contributed by atoms with Crippen LogP contribution in [0.15, 0.2) is 6.33 Å². The van der Waals surface area contributed by atoms with Gasteiger partial charge in [-0.15, -0.1) is 0 Å². The van der Waals surface area contributed by atoms with E-state index in [-0.39, 0.29) is 0 Å². The van der Waals surface area contributed by atoms with Crippen LogP contribution in [0.5, 0.6) is 5.75 Å². The predicted octanol–water partition coefficient (Wildman–Crippen LogP) is 1.23. The number of rotatable bonds is 5. The van der Waals surface area contributed by atoms with Crippen LogP contribution in [0, 0.1) is 11.3 Å². The van der Waals surface area contributed by atoms with E-state index in [2.05, 4.69) is 34.6 Å². The van der Waals surface area contributed by atoms with E-state index in [1.54, 1.807) is 7.11 Å². The molecule has 2 rings (SSSR count). The molecule has 0 saturated heterocycles. The molecule has 6 nitrogen and oxygen atoms in total. The first-order valence-corrected chi connectivity index (χ1v) is 5.68. The van der Waals surface area contributed by atoms with E-state index in [9.17, 15) is 0 Å². The molecular formula is C11H19N5O. The summed E-state index contributed by atoms with van der Waals surface area (Å²) in [6, 6.07) is 0. The summed E-state index contributed by atoms with van der Waals surface area (Å²) < 4.78 is 5.24. The molecular weight excluding hydrogens is 218 g/mol. The zero-order valence-electron chi connectivity index (χ0n) is 10.4. The highest BCUT2D eigenvalue weighted by Gasteiger charge is 2.45. The Bertz CT molecular complexity index is 407. The Labute approximate surface area is 101 Å².